The highest BCUT2D eigenvalue weighted by Crippen LogP contribution is 2.37. The number of para-hydroxylation sites is 1. The van der Waals surface area contributed by atoms with Gasteiger partial charge in [0.25, 0.3) is 5.91 Å². The SMILES string of the molecule is CSc1cccc(N2C(=O)/C(=C/c3ccccc3OCC(=O)O)SC2=S)c1. The number of anilines is 1. The number of ether oxygens (including phenoxy) is 1. The Bertz CT molecular complexity index is 942. The summed E-state index contributed by atoms with van der Waals surface area (Å²) in [5.74, 6) is -0.879. The van der Waals surface area contributed by atoms with E-state index in [1.54, 1.807) is 42.1 Å². The Labute approximate surface area is 170 Å². The number of carboxylic acid groups (broad SMARTS) is 1. The minimum Gasteiger partial charge on any atom is -0.481 e. The van der Waals surface area contributed by atoms with Gasteiger partial charge in [0.05, 0.1) is 10.6 Å². The first-order valence-corrected chi connectivity index (χ1v) is 10.3. The lowest BCUT2D eigenvalue weighted by Gasteiger charge is -2.15. The number of amides is 1. The summed E-state index contributed by atoms with van der Waals surface area (Å²) < 4.78 is 5.75. The predicted molar refractivity (Wildman–Crippen MR) is 113 cm³/mol. The zero-order chi connectivity index (χ0) is 19.4. The van der Waals surface area contributed by atoms with Gasteiger partial charge in [-0.3, -0.25) is 9.69 Å². The largest absolute Gasteiger partial charge is 0.481 e. The van der Waals surface area contributed by atoms with Crippen LogP contribution in [0.15, 0.2) is 58.3 Å². The highest BCUT2D eigenvalue weighted by Gasteiger charge is 2.33. The van der Waals surface area contributed by atoms with E-state index in [-0.39, 0.29) is 5.91 Å². The number of carbonyl (C=O) groups excluding carboxylic acids is 1. The third-order valence-electron chi connectivity index (χ3n) is 3.66. The molecule has 1 fully saturated rings. The molecule has 27 heavy (non-hydrogen) atoms. The number of hydrogen-bond acceptors (Lipinski definition) is 6. The van der Waals surface area contributed by atoms with Gasteiger partial charge in [-0.15, -0.1) is 11.8 Å². The molecule has 1 aliphatic heterocycles. The summed E-state index contributed by atoms with van der Waals surface area (Å²) in [6.07, 6.45) is 3.65. The maximum Gasteiger partial charge on any atom is 0.341 e. The Morgan fingerprint density at radius 2 is 2.07 bits per heavy atom. The standard InChI is InChI=1S/C19H15NO4S3/c1-26-14-7-4-6-13(10-14)20-18(23)16(27-19(20)25)9-12-5-2-3-8-15(12)24-11-17(21)22/h2-10H,11H2,1H3,(H,21,22)/b16-9-. The molecule has 8 heteroatoms. The molecule has 0 unspecified atom stereocenters. The quantitative estimate of drug-likeness (QED) is 0.427. The fraction of sp³-hybridized carbons (Fsp3) is 0.105. The maximum absolute atomic E-state index is 12.9. The van der Waals surface area contributed by atoms with E-state index in [4.69, 9.17) is 22.1 Å². The second-order valence-corrected chi connectivity index (χ2v) is 7.99. The Balaban J connectivity index is 1.90. The minimum absolute atomic E-state index is 0.212. The molecular weight excluding hydrogens is 402 g/mol. The zero-order valence-corrected chi connectivity index (χ0v) is 16.7. The van der Waals surface area contributed by atoms with Crippen LogP contribution < -0.4 is 9.64 Å². The van der Waals surface area contributed by atoms with Gasteiger partial charge >= 0.3 is 5.97 Å². The van der Waals surface area contributed by atoms with Gasteiger partial charge in [-0.1, -0.05) is 48.2 Å². The molecule has 3 rings (SSSR count). The second-order valence-electron chi connectivity index (χ2n) is 5.44. The minimum atomic E-state index is -1.06. The first-order valence-electron chi connectivity index (χ1n) is 7.85. The Kier molecular flexibility index (Phi) is 6.20. The smallest absolute Gasteiger partial charge is 0.341 e. The van der Waals surface area contributed by atoms with Crippen molar-refractivity contribution in [2.75, 3.05) is 17.8 Å². The molecule has 5 nitrogen and oxygen atoms in total. The van der Waals surface area contributed by atoms with Gasteiger partial charge in [-0.05, 0) is 36.6 Å². The number of carboxylic acids is 1. The zero-order valence-electron chi connectivity index (χ0n) is 14.2. The van der Waals surface area contributed by atoms with Crippen LogP contribution in [0.25, 0.3) is 6.08 Å². The molecule has 0 aromatic heterocycles. The normalized spacial score (nSPS) is 15.4. The topological polar surface area (TPSA) is 66.8 Å². The van der Waals surface area contributed by atoms with E-state index in [0.717, 1.165) is 10.6 Å². The summed E-state index contributed by atoms with van der Waals surface area (Å²) >= 11 is 8.20. The van der Waals surface area contributed by atoms with E-state index in [2.05, 4.69) is 0 Å². The second kappa shape index (κ2) is 8.60. The van der Waals surface area contributed by atoms with E-state index >= 15 is 0 Å². The van der Waals surface area contributed by atoms with Crippen LogP contribution in [0.2, 0.25) is 0 Å². The van der Waals surface area contributed by atoms with Crippen molar-refractivity contribution >= 4 is 63.7 Å². The molecular formula is C19H15NO4S3. The number of thiocarbonyl (C=S) groups is 1. The molecule has 1 aliphatic rings. The van der Waals surface area contributed by atoms with Crippen molar-refractivity contribution in [2.24, 2.45) is 0 Å². The fourth-order valence-electron chi connectivity index (χ4n) is 2.45. The monoisotopic (exact) mass is 417 g/mol. The average Bonchev–Trinajstić information content (AvgIpc) is 2.94. The van der Waals surface area contributed by atoms with Crippen LogP contribution in [0.5, 0.6) is 5.75 Å². The molecule has 0 bridgehead atoms. The van der Waals surface area contributed by atoms with Crippen molar-refractivity contribution in [3.05, 3.63) is 59.0 Å². The molecule has 0 saturated carbocycles. The average molecular weight is 418 g/mol. The molecule has 1 saturated heterocycles. The van der Waals surface area contributed by atoms with Gasteiger partial charge in [0.2, 0.25) is 0 Å². The highest BCUT2D eigenvalue weighted by atomic mass is 32.2. The van der Waals surface area contributed by atoms with E-state index in [1.807, 2.05) is 30.5 Å². The van der Waals surface area contributed by atoms with Crippen LogP contribution in [0.4, 0.5) is 5.69 Å². The van der Waals surface area contributed by atoms with Crippen LogP contribution in [-0.2, 0) is 9.59 Å². The molecule has 0 spiro atoms. The van der Waals surface area contributed by atoms with Crippen molar-refractivity contribution in [2.45, 2.75) is 4.90 Å². The third-order valence-corrected chi connectivity index (χ3v) is 5.69. The van der Waals surface area contributed by atoms with Gasteiger partial charge in [-0.2, -0.15) is 0 Å². The summed E-state index contributed by atoms with van der Waals surface area (Å²) in [6.45, 7) is -0.451. The van der Waals surface area contributed by atoms with Crippen molar-refractivity contribution in [3.63, 3.8) is 0 Å². The number of hydrogen-bond donors (Lipinski definition) is 1. The third kappa shape index (κ3) is 4.52. The van der Waals surface area contributed by atoms with E-state index < -0.39 is 12.6 Å². The number of nitrogens with zero attached hydrogens (tertiary/aromatic N) is 1. The number of thioether (sulfide) groups is 2. The van der Waals surface area contributed by atoms with Crippen molar-refractivity contribution < 1.29 is 19.4 Å². The van der Waals surface area contributed by atoms with Crippen LogP contribution in [0.3, 0.4) is 0 Å². The lowest BCUT2D eigenvalue weighted by atomic mass is 10.2. The predicted octanol–water partition coefficient (Wildman–Crippen LogP) is 4.28. The number of carbonyl (C=O) groups is 2. The van der Waals surface area contributed by atoms with E-state index in [1.165, 1.54) is 16.7 Å². The van der Waals surface area contributed by atoms with Crippen LogP contribution in [-0.4, -0.2) is 34.2 Å². The van der Waals surface area contributed by atoms with Crippen molar-refractivity contribution in [1.29, 1.82) is 0 Å². The number of rotatable bonds is 6. The summed E-state index contributed by atoms with van der Waals surface area (Å²) in [5.41, 5.74) is 1.35. The van der Waals surface area contributed by atoms with Crippen LogP contribution in [0, 0.1) is 0 Å². The summed E-state index contributed by atoms with van der Waals surface area (Å²) in [5, 5.41) is 8.81. The first-order chi connectivity index (χ1) is 13.0. The highest BCUT2D eigenvalue weighted by molar-refractivity contribution is 8.27. The number of benzene rings is 2. The van der Waals surface area contributed by atoms with Crippen LogP contribution >= 0.6 is 35.7 Å². The molecule has 0 radical (unpaired) electrons. The molecule has 1 N–H and O–H groups in total. The van der Waals surface area contributed by atoms with Gasteiger partial charge in [0.15, 0.2) is 10.9 Å². The molecule has 0 aliphatic carbocycles. The number of aliphatic carboxylic acids is 1. The summed E-state index contributed by atoms with van der Waals surface area (Å²) in [4.78, 5) is 26.7. The lowest BCUT2D eigenvalue weighted by Crippen LogP contribution is -2.27. The lowest BCUT2D eigenvalue weighted by molar-refractivity contribution is -0.139. The molecule has 2 aromatic carbocycles. The van der Waals surface area contributed by atoms with Crippen LogP contribution in [0.1, 0.15) is 5.56 Å². The van der Waals surface area contributed by atoms with Crippen molar-refractivity contribution in [3.8, 4) is 5.75 Å². The van der Waals surface area contributed by atoms with Gasteiger partial charge in [0.1, 0.15) is 5.75 Å². The summed E-state index contributed by atoms with van der Waals surface area (Å²) in [6, 6.07) is 14.6. The fourth-order valence-corrected chi connectivity index (χ4v) is 4.19. The molecule has 2 aromatic rings. The molecule has 1 amide bonds. The van der Waals surface area contributed by atoms with Crippen molar-refractivity contribution in [1.82, 2.24) is 0 Å². The van der Waals surface area contributed by atoms with Gasteiger partial charge < -0.3 is 9.84 Å². The van der Waals surface area contributed by atoms with Gasteiger partial charge in [0, 0.05) is 10.5 Å². The maximum atomic E-state index is 12.9. The molecule has 138 valence electrons. The Hall–Kier alpha value is -2.29. The van der Waals surface area contributed by atoms with E-state index in [9.17, 15) is 9.59 Å². The Morgan fingerprint density at radius 3 is 2.81 bits per heavy atom. The van der Waals surface area contributed by atoms with E-state index in [0.29, 0.717) is 20.5 Å². The summed E-state index contributed by atoms with van der Waals surface area (Å²) in [7, 11) is 0. The first kappa shape index (κ1) is 19.5. The molecule has 1 heterocycles. The Morgan fingerprint density at radius 1 is 1.30 bits per heavy atom. The molecule has 0 atom stereocenters. The van der Waals surface area contributed by atoms with Gasteiger partial charge in [-0.25, -0.2) is 4.79 Å².